The van der Waals surface area contributed by atoms with E-state index in [2.05, 4.69) is 5.32 Å². The van der Waals surface area contributed by atoms with E-state index in [-0.39, 0.29) is 5.91 Å². The molecule has 0 aliphatic rings. The number of hydrogen-bond donors (Lipinski definition) is 1. The van der Waals surface area contributed by atoms with E-state index >= 15 is 0 Å². The van der Waals surface area contributed by atoms with Gasteiger partial charge in [-0.15, -0.1) is 0 Å². The average molecular weight is 263 g/mol. The van der Waals surface area contributed by atoms with Crippen molar-refractivity contribution in [3.05, 3.63) is 72.7 Å². The van der Waals surface area contributed by atoms with Gasteiger partial charge in [0, 0.05) is 17.1 Å². The van der Waals surface area contributed by atoms with Crippen LogP contribution < -0.4 is 5.32 Å². The van der Waals surface area contributed by atoms with Gasteiger partial charge in [-0.3, -0.25) is 4.79 Å². The Kier molecular flexibility index (Phi) is 3.33. The molecule has 3 aromatic rings. The second-order valence-corrected chi connectivity index (χ2v) is 4.36. The first-order chi connectivity index (χ1) is 9.83. The first-order valence-corrected chi connectivity index (χ1v) is 6.33. The molecule has 1 N–H and O–H groups in total. The molecule has 3 heteroatoms. The molecule has 0 saturated carbocycles. The zero-order valence-electron chi connectivity index (χ0n) is 10.7. The Hall–Kier alpha value is -2.81. The number of anilines is 1. The van der Waals surface area contributed by atoms with Gasteiger partial charge in [0.2, 0.25) is 5.91 Å². The summed E-state index contributed by atoms with van der Waals surface area (Å²) in [4.78, 5) is 11.9. The summed E-state index contributed by atoms with van der Waals surface area (Å²) in [5.74, 6) is 0.468. The highest BCUT2D eigenvalue weighted by molar-refractivity contribution is 6.07. The predicted octanol–water partition coefficient (Wildman–Crippen LogP) is 4.08. The van der Waals surface area contributed by atoms with Gasteiger partial charge >= 0.3 is 0 Å². The minimum absolute atomic E-state index is 0.183. The Morgan fingerprint density at radius 1 is 1.00 bits per heavy atom. The first-order valence-electron chi connectivity index (χ1n) is 6.33. The minimum atomic E-state index is -0.183. The number of benzene rings is 2. The van der Waals surface area contributed by atoms with Crippen LogP contribution in [0.25, 0.3) is 16.8 Å². The number of carbonyl (C=O) groups is 1. The number of furan rings is 1. The van der Waals surface area contributed by atoms with Crippen LogP contribution in [-0.2, 0) is 4.79 Å². The van der Waals surface area contributed by atoms with E-state index in [4.69, 9.17) is 4.42 Å². The third-order valence-electron chi connectivity index (χ3n) is 2.99. The Labute approximate surface area is 116 Å². The molecule has 2 aromatic carbocycles. The molecular formula is C17H13NO2. The number of hydrogen-bond acceptors (Lipinski definition) is 2. The number of amides is 1. The van der Waals surface area contributed by atoms with Crippen molar-refractivity contribution in [1.82, 2.24) is 0 Å². The molecule has 3 nitrogen and oxygen atoms in total. The topological polar surface area (TPSA) is 42.2 Å². The minimum Gasteiger partial charge on any atom is -0.465 e. The Balaban J connectivity index is 1.81. The number of nitrogens with one attached hydrogen (secondary N) is 1. The number of carbonyl (C=O) groups excluding carboxylic acids is 1. The third-order valence-corrected chi connectivity index (χ3v) is 2.99. The Bertz CT molecular complexity index is 752. The first kappa shape index (κ1) is 12.2. The van der Waals surface area contributed by atoms with E-state index in [1.165, 1.54) is 6.08 Å². The van der Waals surface area contributed by atoms with Crippen LogP contribution in [0.5, 0.6) is 0 Å². The highest BCUT2D eigenvalue weighted by atomic mass is 16.3. The molecule has 0 unspecified atom stereocenters. The smallest absolute Gasteiger partial charge is 0.248 e. The summed E-state index contributed by atoms with van der Waals surface area (Å²) in [6.45, 7) is 0. The van der Waals surface area contributed by atoms with Gasteiger partial charge in [0.15, 0.2) is 0 Å². The molecule has 0 saturated heterocycles. The molecule has 1 heterocycles. The van der Waals surface area contributed by atoms with Crippen molar-refractivity contribution < 1.29 is 9.21 Å². The van der Waals surface area contributed by atoms with Crippen LogP contribution >= 0.6 is 0 Å². The average Bonchev–Trinajstić information content (AvgIpc) is 2.99. The van der Waals surface area contributed by atoms with Crippen LogP contribution in [0.3, 0.4) is 0 Å². The zero-order valence-corrected chi connectivity index (χ0v) is 10.7. The van der Waals surface area contributed by atoms with E-state index in [9.17, 15) is 4.79 Å². The largest absolute Gasteiger partial charge is 0.465 e. The molecule has 0 atom stereocenters. The van der Waals surface area contributed by atoms with E-state index in [0.717, 1.165) is 16.5 Å². The normalized spacial score (nSPS) is 11.0. The van der Waals surface area contributed by atoms with Crippen molar-refractivity contribution in [1.29, 1.82) is 0 Å². The Morgan fingerprint density at radius 2 is 1.85 bits per heavy atom. The van der Waals surface area contributed by atoms with Gasteiger partial charge in [0.25, 0.3) is 0 Å². The van der Waals surface area contributed by atoms with Crippen molar-refractivity contribution in [2.45, 2.75) is 0 Å². The van der Waals surface area contributed by atoms with Crippen LogP contribution in [0.15, 0.2) is 71.4 Å². The molecule has 3 rings (SSSR count). The summed E-state index contributed by atoms with van der Waals surface area (Å²) in [6, 6.07) is 17.3. The van der Waals surface area contributed by atoms with Crippen LogP contribution in [0.4, 0.5) is 5.69 Å². The molecule has 20 heavy (non-hydrogen) atoms. The molecule has 1 amide bonds. The fraction of sp³-hybridized carbons (Fsp3) is 0. The monoisotopic (exact) mass is 263 g/mol. The molecule has 0 spiro atoms. The maximum atomic E-state index is 11.9. The third kappa shape index (κ3) is 2.62. The lowest BCUT2D eigenvalue weighted by atomic mass is 10.1. The van der Waals surface area contributed by atoms with E-state index in [0.29, 0.717) is 5.76 Å². The maximum absolute atomic E-state index is 11.9. The van der Waals surface area contributed by atoms with Crippen molar-refractivity contribution in [2.75, 3.05) is 5.32 Å². The van der Waals surface area contributed by atoms with Gasteiger partial charge in [0.05, 0.1) is 6.26 Å². The highest BCUT2D eigenvalue weighted by Crippen LogP contribution is 2.22. The summed E-state index contributed by atoms with van der Waals surface area (Å²) in [5.41, 5.74) is 0.803. The highest BCUT2D eigenvalue weighted by Gasteiger charge is 2.02. The molecule has 0 radical (unpaired) electrons. The quantitative estimate of drug-likeness (QED) is 0.723. The fourth-order valence-corrected chi connectivity index (χ4v) is 2.05. The lowest BCUT2D eigenvalue weighted by Gasteiger charge is -2.06. The zero-order chi connectivity index (χ0) is 13.8. The second-order valence-electron chi connectivity index (χ2n) is 4.36. The summed E-state index contributed by atoms with van der Waals surface area (Å²) < 4.78 is 5.14. The van der Waals surface area contributed by atoms with Gasteiger partial charge in [-0.25, -0.2) is 0 Å². The van der Waals surface area contributed by atoms with Crippen LogP contribution in [0, 0.1) is 0 Å². The van der Waals surface area contributed by atoms with E-state index in [1.807, 2.05) is 42.5 Å². The molecule has 0 aliphatic heterocycles. The number of fused-ring (bicyclic) bond motifs is 1. The summed E-state index contributed by atoms with van der Waals surface area (Å²) in [6.07, 6.45) is 4.67. The van der Waals surface area contributed by atoms with Crippen LogP contribution in [-0.4, -0.2) is 5.91 Å². The van der Waals surface area contributed by atoms with Gasteiger partial charge in [-0.05, 0) is 29.7 Å². The van der Waals surface area contributed by atoms with Crippen LogP contribution in [0.2, 0.25) is 0 Å². The molecular weight excluding hydrogens is 250 g/mol. The van der Waals surface area contributed by atoms with Gasteiger partial charge in [-0.1, -0.05) is 36.4 Å². The van der Waals surface area contributed by atoms with Gasteiger partial charge in [-0.2, -0.15) is 0 Å². The Morgan fingerprint density at radius 3 is 2.70 bits per heavy atom. The van der Waals surface area contributed by atoms with Crippen molar-refractivity contribution >= 4 is 28.4 Å². The van der Waals surface area contributed by atoms with Gasteiger partial charge < -0.3 is 9.73 Å². The van der Waals surface area contributed by atoms with Crippen molar-refractivity contribution in [3.63, 3.8) is 0 Å². The summed E-state index contributed by atoms with van der Waals surface area (Å²) in [7, 11) is 0. The van der Waals surface area contributed by atoms with E-state index < -0.39 is 0 Å². The van der Waals surface area contributed by atoms with Crippen molar-refractivity contribution in [2.24, 2.45) is 0 Å². The van der Waals surface area contributed by atoms with Crippen LogP contribution in [0.1, 0.15) is 5.76 Å². The summed E-state index contributed by atoms with van der Waals surface area (Å²) in [5, 5.41) is 5.00. The molecule has 98 valence electrons. The maximum Gasteiger partial charge on any atom is 0.248 e. The lowest BCUT2D eigenvalue weighted by molar-refractivity contribution is -0.111. The standard InChI is InChI=1S/C17H13NO2/c19-17(11-10-14-7-4-12-20-14)18-16-9-3-6-13-5-1-2-8-15(13)16/h1-12H,(H,18,19). The SMILES string of the molecule is O=C(C=Cc1ccco1)Nc1cccc2ccccc12. The van der Waals surface area contributed by atoms with Gasteiger partial charge in [0.1, 0.15) is 5.76 Å². The van der Waals surface area contributed by atoms with E-state index in [1.54, 1.807) is 24.5 Å². The molecule has 0 aliphatic carbocycles. The fourth-order valence-electron chi connectivity index (χ4n) is 2.05. The summed E-state index contributed by atoms with van der Waals surface area (Å²) >= 11 is 0. The van der Waals surface area contributed by atoms with Crippen molar-refractivity contribution in [3.8, 4) is 0 Å². The molecule has 1 aromatic heterocycles. The lowest BCUT2D eigenvalue weighted by Crippen LogP contribution is -2.07. The molecule has 0 bridgehead atoms. The number of rotatable bonds is 3. The predicted molar refractivity (Wildman–Crippen MR) is 80.3 cm³/mol. The second kappa shape index (κ2) is 5.45. The molecule has 0 fully saturated rings.